The molecule has 2 N–H and O–H groups in total. The van der Waals surface area contributed by atoms with E-state index in [1.165, 1.54) is 0 Å². The Morgan fingerprint density at radius 3 is 2.54 bits per heavy atom. The number of carbonyl (C=O) groups is 1. The molecule has 4 nitrogen and oxygen atoms in total. The van der Waals surface area contributed by atoms with Crippen molar-refractivity contribution in [2.75, 3.05) is 6.61 Å². The number of phenolic OH excluding ortho intramolecular Hbond substituents is 1. The van der Waals surface area contributed by atoms with E-state index in [9.17, 15) is 18.0 Å². The van der Waals surface area contributed by atoms with Crippen molar-refractivity contribution in [2.45, 2.75) is 19.6 Å². The number of carbonyl (C=O) groups excluding carboxylic acids is 1. The lowest BCUT2D eigenvalue weighted by Crippen LogP contribution is -2.36. The SMILES string of the molecule is C[C@@H](COCc1ccccc1)NC(=O)c1cc(F)c(F)c(O)c1F. The van der Waals surface area contributed by atoms with Crippen LogP contribution in [0.4, 0.5) is 13.2 Å². The van der Waals surface area contributed by atoms with E-state index in [0.717, 1.165) is 5.56 Å². The maximum Gasteiger partial charge on any atom is 0.254 e. The standard InChI is InChI=1S/C17H16F3NO3/c1-10(8-24-9-11-5-3-2-4-6-11)21-17(23)12-7-13(18)15(20)16(22)14(12)19/h2-7,10,22H,8-9H2,1H3,(H,21,23)/t10-/m0/s1. The molecular formula is C17H16F3NO3. The van der Waals surface area contributed by atoms with Gasteiger partial charge in [-0.2, -0.15) is 4.39 Å². The van der Waals surface area contributed by atoms with Crippen LogP contribution in [-0.2, 0) is 11.3 Å². The summed E-state index contributed by atoms with van der Waals surface area (Å²) in [5.74, 6) is -7.25. The molecule has 0 aliphatic rings. The van der Waals surface area contributed by atoms with E-state index >= 15 is 0 Å². The van der Waals surface area contributed by atoms with Crippen molar-refractivity contribution in [1.82, 2.24) is 5.32 Å². The van der Waals surface area contributed by atoms with E-state index in [1.54, 1.807) is 6.92 Å². The summed E-state index contributed by atoms with van der Waals surface area (Å²) in [7, 11) is 0. The van der Waals surface area contributed by atoms with Crippen LogP contribution in [0.3, 0.4) is 0 Å². The molecule has 0 aliphatic heterocycles. The Balaban J connectivity index is 1.92. The normalized spacial score (nSPS) is 12.0. The predicted molar refractivity (Wildman–Crippen MR) is 81.0 cm³/mol. The van der Waals surface area contributed by atoms with Crippen LogP contribution in [0.15, 0.2) is 36.4 Å². The van der Waals surface area contributed by atoms with E-state index in [0.29, 0.717) is 12.7 Å². The average molecular weight is 339 g/mol. The van der Waals surface area contributed by atoms with Crippen molar-refractivity contribution < 1.29 is 27.8 Å². The Morgan fingerprint density at radius 2 is 1.88 bits per heavy atom. The molecule has 0 saturated heterocycles. The Hall–Kier alpha value is -2.54. The van der Waals surface area contributed by atoms with Gasteiger partial charge in [-0.25, -0.2) is 8.78 Å². The summed E-state index contributed by atoms with van der Waals surface area (Å²) in [6.45, 7) is 2.08. The van der Waals surface area contributed by atoms with Gasteiger partial charge in [0.25, 0.3) is 5.91 Å². The lowest BCUT2D eigenvalue weighted by molar-refractivity contribution is 0.0816. The number of hydrogen-bond acceptors (Lipinski definition) is 3. The third-order valence-electron chi connectivity index (χ3n) is 3.23. The first kappa shape index (κ1) is 17.8. The van der Waals surface area contributed by atoms with Gasteiger partial charge in [-0.3, -0.25) is 4.79 Å². The number of hydrogen-bond donors (Lipinski definition) is 2. The smallest absolute Gasteiger partial charge is 0.254 e. The Morgan fingerprint density at radius 1 is 1.21 bits per heavy atom. The Kier molecular flexibility index (Phi) is 5.81. The highest BCUT2D eigenvalue weighted by molar-refractivity contribution is 5.95. The van der Waals surface area contributed by atoms with Crippen molar-refractivity contribution in [3.8, 4) is 5.75 Å². The lowest BCUT2D eigenvalue weighted by atomic mass is 10.1. The second-order valence-electron chi connectivity index (χ2n) is 5.26. The van der Waals surface area contributed by atoms with Crippen LogP contribution in [-0.4, -0.2) is 23.7 Å². The predicted octanol–water partition coefficient (Wildman–Crippen LogP) is 3.14. The molecular weight excluding hydrogens is 323 g/mol. The largest absolute Gasteiger partial charge is 0.503 e. The molecule has 0 aliphatic carbocycles. The van der Waals surface area contributed by atoms with Gasteiger partial charge in [0.2, 0.25) is 5.82 Å². The molecule has 0 bridgehead atoms. The molecule has 128 valence electrons. The average Bonchev–Trinajstić information content (AvgIpc) is 2.57. The second-order valence-corrected chi connectivity index (χ2v) is 5.26. The highest BCUT2D eigenvalue weighted by atomic mass is 19.2. The number of halogens is 3. The van der Waals surface area contributed by atoms with Gasteiger partial charge in [0.15, 0.2) is 17.4 Å². The van der Waals surface area contributed by atoms with E-state index in [-0.39, 0.29) is 6.61 Å². The molecule has 2 aromatic carbocycles. The van der Waals surface area contributed by atoms with Crippen LogP contribution in [0.25, 0.3) is 0 Å². The van der Waals surface area contributed by atoms with Gasteiger partial charge in [-0.15, -0.1) is 0 Å². The van der Waals surface area contributed by atoms with Crippen molar-refractivity contribution in [1.29, 1.82) is 0 Å². The van der Waals surface area contributed by atoms with E-state index < -0.39 is 40.7 Å². The zero-order chi connectivity index (χ0) is 17.7. The molecule has 0 spiro atoms. The molecule has 0 aromatic heterocycles. The monoisotopic (exact) mass is 339 g/mol. The van der Waals surface area contributed by atoms with Crippen LogP contribution >= 0.6 is 0 Å². The molecule has 7 heteroatoms. The van der Waals surface area contributed by atoms with Crippen LogP contribution in [0.1, 0.15) is 22.8 Å². The van der Waals surface area contributed by atoms with Gasteiger partial charge in [-0.1, -0.05) is 30.3 Å². The first-order chi connectivity index (χ1) is 11.4. The maximum atomic E-state index is 13.7. The van der Waals surface area contributed by atoms with E-state index in [4.69, 9.17) is 9.84 Å². The van der Waals surface area contributed by atoms with Crippen molar-refractivity contribution in [2.24, 2.45) is 0 Å². The van der Waals surface area contributed by atoms with Gasteiger partial charge >= 0.3 is 0 Å². The minimum atomic E-state index is -1.73. The summed E-state index contributed by atoms with van der Waals surface area (Å²) < 4.78 is 45.3. The van der Waals surface area contributed by atoms with Gasteiger partial charge in [0, 0.05) is 6.04 Å². The number of amides is 1. The summed E-state index contributed by atoms with van der Waals surface area (Å²) in [4.78, 5) is 11.9. The lowest BCUT2D eigenvalue weighted by Gasteiger charge is -2.15. The molecule has 2 aromatic rings. The van der Waals surface area contributed by atoms with Crippen LogP contribution in [0.2, 0.25) is 0 Å². The highest BCUT2D eigenvalue weighted by Gasteiger charge is 2.23. The molecule has 2 rings (SSSR count). The first-order valence-corrected chi connectivity index (χ1v) is 7.19. The quantitative estimate of drug-likeness (QED) is 0.795. The van der Waals surface area contributed by atoms with Crippen molar-refractivity contribution in [3.05, 3.63) is 65.0 Å². The Labute approximate surface area is 136 Å². The number of phenols is 1. The van der Waals surface area contributed by atoms with Gasteiger partial charge in [0.05, 0.1) is 18.8 Å². The first-order valence-electron chi connectivity index (χ1n) is 7.19. The van der Waals surface area contributed by atoms with Crippen molar-refractivity contribution >= 4 is 5.91 Å². The fourth-order valence-corrected chi connectivity index (χ4v) is 2.03. The molecule has 1 amide bonds. The third kappa shape index (κ3) is 4.26. The molecule has 0 unspecified atom stereocenters. The zero-order valence-electron chi connectivity index (χ0n) is 12.9. The number of aromatic hydroxyl groups is 1. The van der Waals surface area contributed by atoms with Crippen molar-refractivity contribution in [3.63, 3.8) is 0 Å². The highest BCUT2D eigenvalue weighted by Crippen LogP contribution is 2.25. The molecule has 0 fully saturated rings. The fraction of sp³-hybridized carbons (Fsp3) is 0.235. The van der Waals surface area contributed by atoms with Crippen LogP contribution < -0.4 is 5.32 Å². The van der Waals surface area contributed by atoms with Gasteiger partial charge in [-0.05, 0) is 18.6 Å². The zero-order valence-corrected chi connectivity index (χ0v) is 12.9. The molecule has 0 radical (unpaired) electrons. The maximum absolute atomic E-state index is 13.7. The molecule has 0 heterocycles. The fourth-order valence-electron chi connectivity index (χ4n) is 2.03. The molecule has 1 atom stereocenters. The Bertz CT molecular complexity index is 723. The summed E-state index contributed by atoms with van der Waals surface area (Å²) in [6, 6.07) is 9.25. The van der Waals surface area contributed by atoms with Crippen LogP contribution in [0.5, 0.6) is 5.75 Å². The topological polar surface area (TPSA) is 58.6 Å². The number of benzene rings is 2. The minimum Gasteiger partial charge on any atom is -0.503 e. The number of rotatable bonds is 6. The summed E-state index contributed by atoms with van der Waals surface area (Å²) in [6.07, 6.45) is 0. The van der Waals surface area contributed by atoms with Gasteiger partial charge < -0.3 is 15.2 Å². The van der Waals surface area contributed by atoms with E-state index in [2.05, 4.69) is 5.32 Å². The third-order valence-corrected chi connectivity index (χ3v) is 3.23. The number of nitrogens with one attached hydrogen (secondary N) is 1. The summed E-state index contributed by atoms with van der Waals surface area (Å²) in [5, 5.41) is 11.5. The van der Waals surface area contributed by atoms with Gasteiger partial charge in [0.1, 0.15) is 0 Å². The number of ether oxygens (including phenoxy) is 1. The minimum absolute atomic E-state index is 0.137. The molecule has 0 saturated carbocycles. The van der Waals surface area contributed by atoms with Crippen LogP contribution in [0, 0.1) is 17.5 Å². The molecule has 24 heavy (non-hydrogen) atoms. The summed E-state index contributed by atoms with van der Waals surface area (Å²) in [5.41, 5.74) is 0.175. The second kappa shape index (κ2) is 7.83. The summed E-state index contributed by atoms with van der Waals surface area (Å²) >= 11 is 0. The van der Waals surface area contributed by atoms with E-state index in [1.807, 2.05) is 30.3 Å².